The molecule has 0 saturated heterocycles. The number of halogens is 1. The second-order valence-electron chi connectivity index (χ2n) is 5.48. The van der Waals surface area contributed by atoms with E-state index in [2.05, 4.69) is 15.8 Å². The monoisotopic (exact) mass is 389 g/mol. The van der Waals surface area contributed by atoms with E-state index in [9.17, 15) is 14.7 Å². The Morgan fingerprint density at radius 1 is 1.19 bits per heavy atom. The van der Waals surface area contributed by atoms with Crippen LogP contribution >= 0.6 is 11.6 Å². The normalized spacial score (nSPS) is 10.6. The molecule has 2 aromatic carbocycles. The molecule has 7 nitrogen and oxygen atoms in total. The number of amides is 2. The van der Waals surface area contributed by atoms with E-state index in [1.54, 1.807) is 36.4 Å². The lowest BCUT2D eigenvalue weighted by Crippen LogP contribution is -2.20. The lowest BCUT2D eigenvalue weighted by molar-refractivity contribution is -0.124. The van der Waals surface area contributed by atoms with Gasteiger partial charge in [-0.25, -0.2) is 5.43 Å². The molecule has 0 fully saturated rings. The van der Waals surface area contributed by atoms with E-state index in [0.29, 0.717) is 28.6 Å². The van der Waals surface area contributed by atoms with E-state index in [-0.39, 0.29) is 24.5 Å². The molecular weight excluding hydrogens is 370 g/mol. The van der Waals surface area contributed by atoms with E-state index in [4.69, 9.17) is 16.3 Å². The van der Waals surface area contributed by atoms with Crippen LogP contribution < -0.4 is 15.5 Å². The lowest BCUT2D eigenvalue weighted by atomic mass is 10.2. The van der Waals surface area contributed by atoms with Crippen LogP contribution in [0.4, 0.5) is 5.69 Å². The summed E-state index contributed by atoms with van der Waals surface area (Å²) in [7, 11) is 0. The minimum Gasteiger partial charge on any atom is -0.504 e. The molecule has 3 N–H and O–H groups in total. The van der Waals surface area contributed by atoms with Gasteiger partial charge < -0.3 is 15.2 Å². The summed E-state index contributed by atoms with van der Waals surface area (Å²) in [6.45, 7) is 2.23. The van der Waals surface area contributed by atoms with Crippen molar-refractivity contribution in [1.82, 2.24) is 5.43 Å². The molecule has 0 heterocycles. The van der Waals surface area contributed by atoms with Gasteiger partial charge in [0.2, 0.25) is 11.8 Å². The third-order valence-electron chi connectivity index (χ3n) is 3.41. The number of nitrogens with zero attached hydrogens (tertiary/aromatic N) is 1. The number of carbonyl (C=O) groups excluding carboxylic acids is 2. The second kappa shape index (κ2) is 10.2. The van der Waals surface area contributed by atoms with Crippen LogP contribution in [-0.2, 0) is 9.59 Å². The highest BCUT2D eigenvalue weighted by molar-refractivity contribution is 6.33. The Bertz CT molecular complexity index is 839. The maximum atomic E-state index is 11.9. The third kappa shape index (κ3) is 6.63. The summed E-state index contributed by atoms with van der Waals surface area (Å²) >= 11 is 5.96. The van der Waals surface area contributed by atoms with E-state index in [0.717, 1.165) is 0 Å². The number of benzene rings is 2. The molecule has 0 aromatic heterocycles. The van der Waals surface area contributed by atoms with Crippen LogP contribution in [-0.4, -0.2) is 29.7 Å². The first-order valence-electron chi connectivity index (χ1n) is 8.31. The molecule has 142 valence electrons. The predicted molar refractivity (Wildman–Crippen MR) is 104 cm³/mol. The smallest absolute Gasteiger partial charge is 0.240 e. The number of phenols is 1. The molecule has 0 radical (unpaired) electrons. The molecule has 8 heteroatoms. The highest BCUT2D eigenvalue weighted by atomic mass is 35.5. The molecule has 2 amide bonds. The molecule has 27 heavy (non-hydrogen) atoms. The van der Waals surface area contributed by atoms with Gasteiger partial charge in [-0.05, 0) is 42.8 Å². The average molecular weight is 390 g/mol. The molecule has 0 aliphatic heterocycles. The summed E-state index contributed by atoms with van der Waals surface area (Å²) < 4.78 is 5.27. The highest BCUT2D eigenvalue weighted by Gasteiger charge is 2.08. The standard InChI is InChI=1S/C19H20ClN3O4/c1-2-27-17-11-13(7-8-16(17)24)12-21-23-19(26)10-9-18(25)22-15-6-4-3-5-14(15)20/h3-8,11-12,24H,2,9-10H2,1H3,(H,22,25)(H,23,26)/b21-12+. The maximum Gasteiger partial charge on any atom is 0.240 e. The Kier molecular flexibility index (Phi) is 7.63. The van der Waals surface area contributed by atoms with Crippen molar-refractivity contribution in [3.05, 3.63) is 53.1 Å². The fourth-order valence-corrected chi connectivity index (χ4v) is 2.30. The van der Waals surface area contributed by atoms with Crippen molar-refractivity contribution in [2.75, 3.05) is 11.9 Å². The zero-order valence-electron chi connectivity index (χ0n) is 14.7. The van der Waals surface area contributed by atoms with Crippen LogP contribution in [0.1, 0.15) is 25.3 Å². The summed E-state index contributed by atoms with van der Waals surface area (Å²) in [4.78, 5) is 23.7. The van der Waals surface area contributed by atoms with Crippen LogP contribution in [0.25, 0.3) is 0 Å². The Morgan fingerprint density at radius 2 is 1.93 bits per heavy atom. The molecule has 0 aliphatic carbocycles. The Morgan fingerprint density at radius 3 is 2.67 bits per heavy atom. The number of ether oxygens (including phenoxy) is 1. The number of hydrazone groups is 1. The van der Waals surface area contributed by atoms with Crippen molar-refractivity contribution in [3.8, 4) is 11.5 Å². The minimum absolute atomic E-state index is 0.000272. The molecule has 0 atom stereocenters. The van der Waals surface area contributed by atoms with Gasteiger partial charge in [-0.15, -0.1) is 0 Å². The maximum absolute atomic E-state index is 11.9. The quantitative estimate of drug-likeness (QED) is 0.476. The minimum atomic E-state index is -0.399. The fourth-order valence-electron chi connectivity index (χ4n) is 2.12. The van der Waals surface area contributed by atoms with Gasteiger partial charge in [-0.2, -0.15) is 5.10 Å². The van der Waals surface area contributed by atoms with Crippen molar-refractivity contribution in [2.45, 2.75) is 19.8 Å². The number of phenolic OH excluding ortho intramolecular Hbond substituents is 1. The Labute approximate surface area is 162 Å². The van der Waals surface area contributed by atoms with Crippen molar-refractivity contribution >= 4 is 35.3 Å². The second-order valence-corrected chi connectivity index (χ2v) is 5.89. The number of anilines is 1. The van der Waals surface area contributed by atoms with Crippen LogP contribution in [0.2, 0.25) is 5.02 Å². The molecule has 0 saturated carbocycles. The molecule has 0 aliphatic rings. The highest BCUT2D eigenvalue weighted by Crippen LogP contribution is 2.26. The largest absolute Gasteiger partial charge is 0.504 e. The molecule has 2 aromatic rings. The number of para-hydroxylation sites is 1. The van der Waals surface area contributed by atoms with Gasteiger partial charge in [0.25, 0.3) is 0 Å². The van der Waals surface area contributed by atoms with Crippen molar-refractivity contribution < 1.29 is 19.4 Å². The van der Waals surface area contributed by atoms with E-state index < -0.39 is 5.91 Å². The van der Waals surface area contributed by atoms with Gasteiger partial charge >= 0.3 is 0 Å². The van der Waals surface area contributed by atoms with Gasteiger partial charge in [-0.1, -0.05) is 23.7 Å². The SMILES string of the molecule is CCOc1cc(/C=N/NC(=O)CCC(=O)Nc2ccccc2Cl)ccc1O. The van der Waals surface area contributed by atoms with Gasteiger partial charge in [0.05, 0.1) is 23.5 Å². The number of rotatable bonds is 8. The van der Waals surface area contributed by atoms with Gasteiger partial charge in [0.15, 0.2) is 11.5 Å². The molecular formula is C19H20ClN3O4. The number of hydrogen-bond donors (Lipinski definition) is 3. The first kappa shape index (κ1) is 20.3. The van der Waals surface area contributed by atoms with Gasteiger partial charge in [0.1, 0.15) is 0 Å². The number of nitrogens with one attached hydrogen (secondary N) is 2. The van der Waals surface area contributed by atoms with E-state index >= 15 is 0 Å². The summed E-state index contributed by atoms with van der Waals surface area (Å²) in [6, 6.07) is 11.6. The van der Waals surface area contributed by atoms with Crippen LogP contribution in [0.5, 0.6) is 11.5 Å². The van der Waals surface area contributed by atoms with Gasteiger partial charge in [-0.3, -0.25) is 9.59 Å². The number of carbonyl (C=O) groups is 2. The molecule has 0 unspecified atom stereocenters. The fraction of sp³-hybridized carbons (Fsp3) is 0.211. The third-order valence-corrected chi connectivity index (χ3v) is 3.74. The molecule has 0 spiro atoms. The van der Waals surface area contributed by atoms with E-state index in [1.807, 2.05) is 6.92 Å². The summed E-state index contributed by atoms with van der Waals surface area (Å²) in [6.07, 6.45) is 1.40. The zero-order chi connectivity index (χ0) is 19.6. The van der Waals surface area contributed by atoms with Gasteiger partial charge in [0, 0.05) is 12.8 Å². The van der Waals surface area contributed by atoms with E-state index in [1.165, 1.54) is 12.3 Å². The number of aromatic hydroxyl groups is 1. The Balaban J connectivity index is 1.79. The molecule has 2 rings (SSSR count). The van der Waals surface area contributed by atoms with Crippen LogP contribution in [0, 0.1) is 0 Å². The van der Waals surface area contributed by atoms with Crippen LogP contribution in [0.15, 0.2) is 47.6 Å². The van der Waals surface area contributed by atoms with Crippen LogP contribution in [0.3, 0.4) is 0 Å². The lowest BCUT2D eigenvalue weighted by Gasteiger charge is -2.06. The summed E-state index contributed by atoms with van der Waals surface area (Å²) in [5, 5.41) is 16.5. The Hall–Kier alpha value is -3.06. The number of hydrogen-bond acceptors (Lipinski definition) is 5. The topological polar surface area (TPSA) is 100 Å². The predicted octanol–water partition coefficient (Wildman–Crippen LogP) is 3.31. The molecule has 0 bridgehead atoms. The van der Waals surface area contributed by atoms with Crippen molar-refractivity contribution in [2.24, 2.45) is 5.10 Å². The summed E-state index contributed by atoms with van der Waals surface area (Å²) in [5.74, 6) is -0.349. The van der Waals surface area contributed by atoms with Crippen molar-refractivity contribution in [3.63, 3.8) is 0 Å². The zero-order valence-corrected chi connectivity index (χ0v) is 15.5. The van der Waals surface area contributed by atoms with Crippen molar-refractivity contribution in [1.29, 1.82) is 0 Å². The first-order valence-corrected chi connectivity index (χ1v) is 8.69. The summed E-state index contributed by atoms with van der Waals surface area (Å²) in [5.41, 5.74) is 3.50. The average Bonchev–Trinajstić information content (AvgIpc) is 2.65. The first-order chi connectivity index (χ1) is 13.0.